The Kier molecular flexibility index (Phi) is 5.80. The maximum Gasteiger partial charge on any atom is 0.279 e. The van der Waals surface area contributed by atoms with Gasteiger partial charge in [-0.15, -0.1) is 0 Å². The highest BCUT2D eigenvalue weighted by Crippen LogP contribution is 2.21. The zero-order chi connectivity index (χ0) is 22.1. The van der Waals surface area contributed by atoms with Crippen molar-refractivity contribution in [1.29, 1.82) is 0 Å². The number of carbonyl (C=O) groups excluding carboxylic acids is 1. The molecule has 2 aliphatic rings. The lowest BCUT2D eigenvalue weighted by atomic mass is 10.1. The van der Waals surface area contributed by atoms with Gasteiger partial charge in [0.2, 0.25) is 0 Å². The van der Waals surface area contributed by atoms with Gasteiger partial charge in [0.15, 0.2) is 5.65 Å². The van der Waals surface area contributed by atoms with Gasteiger partial charge in [0.1, 0.15) is 5.56 Å². The van der Waals surface area contributed by atoms with Gasteiger partial charge in [0, 0.05) is 51.9 Å². The van der Waals surface area contributed by atoms with Gasteiger partial charge in [-0.3, -0.25) is 14.5 Å². The van der Waals surface area contributed by atoms with E-state index in [0.717, 1.165) is 50.4 Å². The molecule has 8 nitrogen and oxygen atoms in total. The van der Waals surface area contributed by atoms with Crippen molar-refractivity contribution in [1.82, 2.24) is 29.3 Å². The van der Waals surface area contributed by atoms with Gasteiger partial charge in [-0.25, -0.2) is 0 Å². The van der Waals surface area contributed by atoms with Crippen molar-refractivity contribution in [2.24, 2.45) is 7.05 Å². The highest BCUT2D eigenvalue weighted by Gasteiger charge is 2.26. The van der Waals surface area contributed by atoms with Crippen LogP contribution in [0.25, 0.3) is 5.65 Å². The zero-order valence-electron chi connectivity index (χ0n) is 18.6. The van der Waals surface area contributed by atoms with Gasteiger partial charge >= 0.3 is 0 Å². The first kappa shape index (κ1) is 20.9. The molecule has 0 unspecified atom stereocenters. The number of likely N-dealkylation sites (tertiary alicyclic amines) is 1. The summed E-state index contributed by atoms with van der Waals surface area (Å²) in [4.78, 5) is 30.8. The molecule has 0 aliphatic carbocycles. The molecule has 1 N–H and O–H groups in total. The molecule has 5 rings (SSSR count). The lowest BCUT2D eigenvalue weighted by Crippen LogP contribution is -2.38. The van der Waals surface area contributed by atoms with Crippen molar-refractivity contribution in [2.75, 3.05) is 32.7 Å². The first-order valence-electron chi connectivity index (χ1n) is 11.5. The maximum absolute atomic E-state index is 13.3. The molecule has 1 aromatic carbocycles. The SMILES string of the molecule is Cn1c2c(c(=O)n3ncc(C(=O)NCCN4CCCC4)c13)CN(Cc1ccccc1)CC2. The van der Waals surface area contributed by atoms with Crippen LogP contribution in [0.15, 0.2) is 41.3 Å². The maximum atomic E-state index is 13.3. The van der Waals surface area contributed by atoms with Crippen molar-refractivity contribution in [3.05, 3.63) is 69.3 Å². The van der Waals surface area contributed by atoms with E-state index in [-0.39, 0.29) is 11.5 Å². The molecule has 1 fully saturated rings. The number of hydrogen-bond donors (Lipinski definition) is 1. The number of benzene rings is 1. The molecule has 8 heteroatoms. The molecule has 0 radical (unpaired) electrons. The van der Waals surface area contributed by atoms with Crippen LogP contribution >= 0.6 is 0 Å². The van der Waals surface area contributed by atoms with Crippen LogP contribution in [-0.2, 0) is 26.6 Å². The van der Waals surface area contributed by atoms with Crippen LogP contribution in [0.1, 0.15) is 40.0 Å². The van der Waals surface area contributed by atoms with Crippen LogP contribution < -0.4 is 10.9 Å². The fraction of sp³-hybridized carbons (Fsp3) is 0.458. The van der Waals surface area contributed by atoms with Gasteiger partial charge in [0.25, 0.3) is 11.5 Å². The highest BCUT2D eigenvalue weighted by molar-refractivity contribution is 5.99. The van der Waals surface area contributed by atoms with E-state index in [2.05, 4.69) is 32.3 Å². The van der Waals surface area contributed by atoms with E-state index in [9.17, 15) is 9.59 Å². The van der Waals surface area contributed by atoms with Crippen LogP contribution in [-0.4, -0.2) is 62.6 Å². The largest absolute Gasteiger partial charge is 0.351 e. The predicted octanol–water partition coefficient (Wildman–Crippen LogP) is 1.42. The fourth-order valence-corrected chi connectivity index (χ4v) is 5.00. The van der Waals surface area contributed by atoms with E-state index in [1.807, 2.05) is 29.8 Å². The molecule has 0 bridgehead atoms. The third kappa shape index (κ3) is 3.96. The second-order valence-electron chi connectivity index (χ2n) is 8.83. The predicted molar refractivity (Wildman–Crippen MR) is 123 cm³/mol. The first-order valence-corrected chi connectivity index (χ1v) is 11.5. The molecule has 2 aliphatic heterocycles. The van der Waals surface area contributed by atoms with Crippen LogP contribution in [0, 0.1) is 0 Å². The molecule has 1 saturated heterocycles. The molecule has 4 heterocycles. The first-order chi connectivity index (χ1) is 15.6. The minimum Gasteiger partial charge on any atom is -0.351 e. The molecule has 2 aromatic heterocycles. The summed E-state index contributed by atoms with van der Waals surface area (Å²) in [5.41, 5.74) is 3.91. The number of nitrogens with one attached hydrogen (secondary N) is 1. The number of fused-ring (bicyclic) bond motifs is 2. The molecule has 3 aromatic rings. The monoisotopic (exact) mass is 434 g/mol. The lowest BCUT2D eigenvalue weighted by molar-refractivity contribution is 0.0951. The number of carbonyl (C=O) groups is 1. The molecule has 1 amide bonds. The number of aromatic nitrogens is 3. The van der Waals surface area contributed by atoms with Crippen LogP contribution in [0.5, 0.6) is 0 Å². The van der Waals surface area contributed by atoms with Crippen molar-refractivity contribution in [3.8, 4) is 0 Å². The van der Waals surface area contributed by atoms with Crippen molar-refractivity contribution in [2.45, 2.75) is 32.4 Å². The molecule has 168 valence electrons. The third-order valence-electron chi connectivity index (χ3n) is 6.72. The summed E-state index contributed by atoms with van der Waals surface area (Å²) >= 11 is 0. The van der Waals surface area contributed by atoms with E-state index in [0.29, 0.717) is 24.3 Å². The quantitative estimate of drug-likeness (QED) is 0.635. The van der Waals surface area contributed by atoms with Crippen LogP contribution in [0.2, 0.25) is 0 Å². The number of rotatable bonds is 6. The van der Waals surface area contributed by atoms with E-state index in [1.165, 1.54) is 29.1 Å². The summed E-state index contributed by atoms with van der Waals surface area (Å²) < 4.78 is 3.37. The van der Waals surface area contributed by atoms with Gasteiger partial charge in [0.05, 0.1) is 11.8 Å². The topological polar surface area (TPSA) is 74.9 Å². The van der Waals surface area contributed by atoms with E-state index >= 15 is 0 Å². The minimum absolute atomic E-state index is 0.123. The van der Waals surface area contributed by atoms with E-state index in [1.54, 1.807) is 0 Å². The summed E-state index contributed by atoms with van der Waals surface area (Å²) in [6.07, 6.45) is 4.76. The Morgan fingerprint density at radius 1 is 1.09 bits per heavy atom. The van der Waals surface area contributed by atoms with Crippen LogP contribution in [0.3, 0.4) is 0 Å². The second-order valence-corrected chi connectivity index (χ2v) is 8.83. The Morgan fingerprint density at radius 2 is 1.88 bits per heavy atom. The van der Waals surface area contributed by atoms with Crippen LogP contribution in [0.4, 0.5) is 0 Å². The molecular formula is C24H30N6O2. The number of nitrogens with zero attached hydrogens (tertiary/aromatic N) is 5. The average molecular weight is 435 g/mol. The summed E-state index contributed by atoms with van der Waals surface area (Å²) in [6, 6.07) is 10.3. The fourth-order valence-electron chi connectivity index (χ4n) is 5.00. The Labute approximate surface area is 187 Å². The van der Waals surface area contributed by atoms with Gasteiger partial charge in [-0.2, -0.15) is 9.61 Å². The standard InChI is InChI=1S/C24H30N6O2/c1-27-21-9-13-29(16-18-7-3-2-4-8-18)17-20(21)24(32)30-23(27)19(15-26-30)22(31)25-10-14-28-11-5-6-12-28/h2-4,7-8,15H,5-6,9-14,16-17H2,1H3,(H,25,31). The van der Waals surface area contributed by atoms with Crippen molar-refractivity contribution < 1.29 is 4.79 Å². The van der Waals surface area contributed by atoms with Gasteiger partial charge < -0.3 is 14.8 Å². The number of hydrogen-bond acceptors (Lipinski definition) is 5. The van der Waals surface area contributed by atoms with Gasteiger partial charge in [-0.05, 0) is 31.5 Å². The van der Waals surface area contributed by atoms with E-state index in [4.69, 9.17) is 0 Å². The molecular weight excluding hydrogens is 404 g/mol. The second kappa shape index (κ2) is 8.88. The third-order valence-corrected chi connectivity index (χ3v) is 6.72. The zero-order valence-corrected chi connectivity index (χ0v) is 18.6. The Morgan fingerprint density at radius 3 is 2.66 bits per heavy atom. The molecule has 0 spiro atoms. The Bertz CT molecular complexity index is 1180. The van der Waals surface area contributed by atoms with Crippen molar-refractivity contribution >= 4 is 11.6 Å². The number of amides is 1. The summed E-state index contributed by atoms with van der Waals surface area (Å²) in [5, 5.41) is 7.30. The summed E-state index contributed by atoms with van der Waals surface area (Å²) in [7, 11) is 1.93. The molecule has 0 saturated carbocycles. The van der Waals surface area contributed by atoms with Gasteiger partial charge in [-0.1, -0.05) is 30.3 Å². The highest BCUT2D eigenvalue weighted by atomic mass is 16.2. The number of aryl methyl sites for hydroxylation is 1. The smallest absolute Gasteiger partial charge is 0.279 e. The van der Waals surface area contributed by atoms with Crippen molar-refractivity contribution in [3.63, 3.8) is 0 Å². The minimum atomic E-state index is -0.171. The summed E-state index contributed by atoms with van der Waals surface area (Å²) in [5.74, 6) is -0.171. The molecule has 0 atom stereocenters. The lowest BCUT2D eigenvalue weighted by Gasteiger charge is -2.29. The Balaban J connectivity index is 1.37. The Hall–Kier alpha value is -2.97. The average Bonchev–Trinajstić information content (AvgIpc) is 3.48. The molecule has 32 heavy (non-hydrogen) atoms. The normalized spacial score (nSPS) is 17.0. The van der Waals surface area contributed by atoms with E-state index < -0.39 is 0 Å². The summed E-state index contributed by atoms with van der Waals surface area (Å²) in [6.45, 7) is 5.94.